The Kier molecular flexibility index (Phi) is 5.66. The van der Waals surface area contributed by atoms with Gasteiger partial charge in [-0.15, -0.1) is 21.5 Å². The number of carbonyl (C=O) groups excluding carboxylic acids is 1. The Morgan fingerprint density at radius 3 is 2.78 bits per heavy atom. The minimum atomic E-state index is -0.259. The number of amides is 1. The molecule has 1 saturated carbocycles. The molecule has 5 nitrogen and oxygen atoms in total. The van der Waals surface area contributed by atoms with Gasteiger partial charge in [0.05, 0.1) is 5.25 Å². The summed E-state index contributed by atoms with van der Waals surface area (Å²) in [5.74, 6) is 0.954. The number of thiophene rings is 1. The van der Waals surface area contributed by atoms with Gasteiger partial charge in [0.25, 0.3) is 0 Å². The monoisotopic (exact) mass is 462 g/mol. The predicted octanol–water partition coefficient (Wildman–Crippen LogP) is 5.15. The highest BCUT2D eigenvalue weighted by Gasteiger charge is 2.31. The van der Waals surface area contributed by atoms with E-state index in [1.54, 1.807) is 11.3 Å². The maximum atomic E-state index is 12.6. The second-order valence-corrected chi connectivity index (χ2v) is 9.77. The fourth-order valence-electron chi connectivity index (χ4n) is 2.77. The number of hydrogen-bond donors (Lipinski definition) is 1. The molecule has 8 heteroatoms. The topological polar surface area (TPSA) is 59.8 Å². The largest absolute Gasteiger partial charge is 0.325 e. The van der Waals surface area contributed by atoms with E-state index in [1.807, 2.05) is 31.2 Å². The molecule has 1 N–H and O–H groups in total. The number of halogens is 1. The summed E-state index contributed by atoms with van der Waals surface area (Å²) in [6.45, 7) is 1.91. The van der Waals surface area contributed by atoms with Crippen molar-refractivity contribution in [2.45, 2.75) is 42.6 Å². The van der Waals surface area contributed by atoms with Crippen LogP contribution in [0.4, 0.5) is 5.69 Å². The first-order valence-electron chi connectivity index (χ1n) is 8.79. The Labute approximate surface area is 174 Å². The number of anilines is 1. The van der Waals surface area contributed by atoms with Crippen LogP contribution in [0.5, 0.6) is 0 Å². The number of rotatable bonds is 7. The van der Waals surface area contributed by atoms with Gasteiger partial charge in [0.15, 0.2) is 5.16 Å². The molecule has 27 heavy (non-hydrogen) atoms. The van der Waals surface area contributed by atoms with Gasteiger partial charge in [-0.3, -0.25) is 4.79 Å². The molecule has 1 aromatic carbocycles. The minimum absolute atomic E-state index is 0.0347. The molecule has 2 heterocycles. The molecule has 0 saturated heterocycles. The molecule has 1 aliphatic carbocycles. The van der Waals surface area contributed by atoms with Crippen molar-refractivity contribution in [3.8, 4) is 0 Å². The molecule has 0 aliphatic heterocycles. The summed E-state index contributed by atoms with van der Waals surface area (Å²) in [6.07, 6.45) is 3.10. The van der Waals surface area contributed by atoms with Crippen LogP contribution in [0.15, 0.2) is 51.4 Å². The summed E-state index contributed by atoms with van der Waals surface area (Å²) in [5.41, 5.74) is 0.790. The molecule has 0 radical (unpaired) electrons. The summed E-state index contributed by atoms with van der Waals surface area (Å²) in [4.78, 5) is 13.8. The summed E-state index contributed by atoms with van der Waals surface area (Å²) in [7, 11) is 0. The van der Waals surface area contributed by atoms with Crippen molar-refractivity contribution in [3.05, 3.63) is 57.0 Å². The molecule has 1 unspecified atom stereocenters. The van der Waals surface area contributed by atoms with Crippen LogP contribution in [0.1, 0.15) is 36.5 Å². The lowest BCUT2D eigenvalue weighted by atomic mass is 10.3. The molecule has 140 valence electrons. The Bertz CT molecular complexity index is 920. The zero-order valence-corrected chi connectivity index (χ0v) is 18.0. The van der Waals surface area contributed by atoms with E-state index in [-0.39, 0.29) is 11.2 Å². The van der Waals surface area contributed by atoms with Crippen LogP contribution in [0, 0.1) is 0 Å². The smallest absolute Gasteiger partial charge is 0.237 e. The van der Waals surface area contributed by atoms with Gasteiger partial charge in [0.2, 0.25) is 5.91 Å². The molecule has 3 aromatic rings. The van der Waals surface area contributed by atoms with Gasteiger partial charge in [-0.2, -0.15) is 0 Å². The van der Waals surface area contributed by atoms with Gasteiger partial charge < -0.3 is 9.88 Å². The Morgan fingerprint density at radius 1 is 1.33 bits per heavy atom. The summed E-state index contributed by atoms with van der Waals surface area (Å²) >= 11 is 6.61. The summed E-state index contributed by atoms with van der Waals surface area (Å²) in [5, 5.41) is 14.4. The van der Waals surface area contributed by atoms with Crippen LogP contribution in [-0.2, 0) is 11.2 Å². The first-order chi connectivity index (χ1) is 13.1. The van der Waals surface area contributed by atoms with Crippen LogP contribution in [-0.4, -0.2) is 25.9 Å². The van der Waals surface area contributed by atoms with Crippen molar-refractivity contribution >= 4 is 50.6 Å². The molecule has 0 spiro atoms. The van der Waals surface area contributed by atoms with Crippen LogP contribution in [0.25, 0.3) is 0 Å². The van der Waals surface area contributed by atoms with Crippen molar-refractivity contribution in [1.29, 1.82) is 0 Å². The van der Waals surface area contributed by atoms with E-state index in [4.69, 9.17) is 0 Å². The van der Waals surface area contributed by atoms with Gasteiger partial charge in [-0.25, -0.2) is 0 Å². The van der Waals surface area contributed by atoms with Crippen molar-refractivity contribution < 1.29 is 4.79 Å². The van der Waals surface area contributed by atoms with Crippen LogP contribution < -0.4 is 5.32 Å². The van der Waals surface area contributed by atoms with Crippen molar-refractivity contribution in [2.24, 2.45) is 0 Å². The number of aromatic nitrogens is 3. The fraction of sp³-hybridized carbons (Fsp3) is 0.316. The van der Waals surface area contributed by atoms with E-state index in [2.05, 4.69) is 53.5 Å². The van der Waals surface area contributed by atoms with Crippen LogP contribution in [0.2, 0.25) is 0 Å². The zero-order chi connectivity index (χ0) is 18.8. The molecular weight excluding hydrogens is 444 g/mol. The Hall–Kier alpha value is -1.64. The molecule has 1 aliphatic rings. The first kappa shape index (κ1) is 18.7. The quantitative estimate of drug-likeness (QED) is 0.493. The average molecular weight is 463 g/mol. The molecule has 4 rings (SSSR count). The van der Waals surface area contributed by atoms with E-state index in [0.29, 0.717) is 6.04 Å². The van der Waals surface area contributed by atoms with E-state index in [9.17, 15) is 4.79 Å². The highest BCUT2D eigenvalue weighted by molar-refractivity contribution is 9.10. The number of benzene rings is 1. The lowest BCUT2D eigenvalue weighted by Gasteiger charge is -2.13. The van der Waals surface area contributed by atoms with E-state index < -0.39 is 0 Å². The third-order valence-corrected chi connectivity index (χ3v) is 6.78. The highest BCUT2D eigenvalue weighted by atomic mass is 79.9. The molecular formula is C19H19BrN4OS2. The van der Waals surface area contributed by atoms with Gasteiger partial charge in [-0.1, -0.05) is 33.8 Å². The summed E-state index contributed by atoms with van der Waals surface area (Å²) in [6, 6.07) is 12.2. The zero-order valence-electron chi connectivity index (χ0n) is 14.8. The minimum Gasteiger partial charge on any atom is -0.325 e. The van der Waals surface area contributed by atoms with E-state index >= 15 is 0 Å². The predicted molar refractivity (Wildman–Crippen MR) is 114 cm³/mol. The number of hydrogen-bond acceptors (Lipinski definition) is 5. The molecule has 1 atom stereocenters. The van der Waals surface area contributed by atoms with E-state index in [0.717, 1.165) is 40.4 Å². The maximum Gasteiger partial charge on any atom is 0.237 e. The number of nitrogens with zero attached hydrogens (tertiary/aromatic N) is 3. The lowest BCUT2D eigenvalue weighted by Crippen LogP contribution is -2.23. The van der Waals surface area contributed by atoms with Gasteiger partial charge in [0.1, 0.15) is 5.82 Å². The number of nitrogens with one attached hydrogen (secondary N) is 1. The molecule has 1 amide bonds. The first-order valence-corrected chi connectivity index (χ1v) is 11.3. The average Bonchev–Trinajstić information content (AvgIpc) is 3.21. The highest BCUT2D eigenvalue weighted by Crippen LogP contribution is 2.40. The standard InChI is InChI=1S/C19H19BrN4OS2/c1-12(18(25)21-14-6-4-13(20)5-7-14)27-19-23-22-17(24(19)15-8-9-15)11-16-3-2-10-26-16/h2-7,10,12,15H,8-9,11H2,1H3,(H,21,25). The SMILES string of the molecule is CC(Sc1nnc(Cc2cccs2)n1C1CC1)C(=O)Nc1ccc(Br)cc1. The van der Waals surface area contributed by atoms with Crippen LogP contribution >= 0.6 is 39.0 Å². The van der Waals surface area contributed by atoms with Crippen LogP contribution in [0.3, 0.4) is 0 Å². The van der Waals surface area contributed by atoms with Crippen molar-refractivity contribution in [1.82, 2.24) is 14.8 Å². The molecule has 1 fully saturated rings. The van der Waals surface area contributed by atoms with Gasteiger partial charge in [-0.05, 0) is 55.5 Å². The fourth-order valence-corrected chi connectivity index (χ4v) is 4.67. The van der Waals surface area contributed by atoms with Crippen molar-refractivity contribution in [2.75, 3.05) is 5.32 Å². The lowest BCUT2D eigenvalue weighted by molar-refractivity contribution is -0.115. The molecule has 0 bridgehead atoms. The summed E-state index contributed by atoms with van der Waals surface area (Å²) < 4.78 is 3.21. The second kappa shape index (κ2) is 8.16. The van der Waals surface area contributed by atoms with Gasteiger partial charge in [0, 0.05) is 27.5 Å². The number of thioether (sulfide) groups is 1. The van der Waals surface area contributed by atoms with Gasteiger partial charge >= 0.3 is 0 Å². The normalized spacial score (nSPS) is 14.9. The van der Waals surface area contributed by atoms with Crippen molar-refractivity contribution in [3.63, 3.8) is 0 Å². The number of carbonyl (C=O) groups is 1. The molecule has 2 aromatic heterocycles. The third-order valence-electron chi connectivity index (χ3n) is 4.32. The second-order valence-electron chi connectivity index (χ2n) is 6.51. The Balaban J connectivity index is 1.46. The maximum absolute atomic E-state index is 12.6. The Morgan fingerprint density at radius 2 is 2.11 bits per heavy atom. The van der Waals surface area contributed by atoms with E-state index in [1.165, 1.54) is 16.6 Å². The third kappa shape index (κ3) is 4.62.